The van der Waals surface area contributed by atoms with Gasteiger partial charge in [0.25, 0.3) is 0 Å². The summed E-state index contributed by atoms with van der Waals surface area (Å²) >= 11 is 6.08. The average Bonchev–Trinajstić information content (AvgIpc) is 2.78. The van der Waals surface area contributed by atoms with Crippen LogP contribution in [0.3, 0.4) is 0 Å². The van der Waals surface area contributed by atoms with Crippen LogP contribution in [0.5, 0.6) is 0 Å². The van der Waals surface area contributed by atoms with Gasteiger partial charge in [-0.05, 0) is 35.7 Å². The molecule has 3 aromatic rings. The topological polar surface area (TPSA) is 42.4 Å². The third kappa shape index (κ3) is 5.03. The lowest BCUT2D eigenvalue weighted by molar-refractivity contribution is -0.139. The molecule has 1 aliphatic rings. The van der Waals surface area contributed by atoms with Crippen LogP contribution in [-0.4, -0.2) is 35.5 Å². The van der Waals surface area contributed by atoms with Gasteiger partial charge in [-0.1, -0.05) is 60.1 Å². The SMILES string of the molecule is O=C(CCc1ccccc1)N1CCO[C@@H](c2ccc(-c3cccc(Cl)c3)cn2)C1. The molecule has 1 fully saturated rings. The number of morpholine rings is 1. The van der Waals surface area contributed by atoms with E-state index in [0.717, 1.165) is 23.2 Å². The van der Waals surface area contributed by atoms with Gasteiger partial charge < -0.3 is 9.64 Å². The number of rotatable bonds is 5. The summed E-state index contributed by atoms with van der Waals surface area (Å²) in [6.07, 6.45) is 2.91. The standard InChI is InChI=1S/C24H23ClN2O2/c25-21-8-4-7-19(15-21)20-10-11-22(26-16-20)23-17-27(13-14-29-23)24(28)12-9-18-5-2-1-3-6-18/h1-8,10-11,15-16,23H,9,12-14,17H2/t23-/m1/s1. The minimum absolute atomic E-state index is 0.165. The molecule has 0 saturated carbocycles. The Hall–Kier alpha value is -2.69. The highest BCUT2D eigenvalue weighted by atomic mass is 35.5. The monoisotopic (exact) mass is 406 g/mol. The molecule has 1 amide bonds. The zero-order chi connectivity index (χ0) is 20.1. The number of halogens is 1. The fraction of sp³-hybridized carbons (Fsp3) is 0.250. The number of pyridine rings is 1. The van der Waals surface area contributed by atoms with Gasteiger partial charge in [-0.2, -0.15) is 0 Å². The zero-order valence-corrected chi connectivity index (χ0v) is 16.9. The molecule has 0 unspecified atom stereocenters. The molecule has 148 valence electrons. The van der Waals surface area contributed by atoms with E-state index >= 15 is 0 Å². The summed E-state index contributed by atoms with van der Waals surface area (Å²) in [6.45, 7) is 1.70. The number of benzene rings is 2. The number of aromatic nitrogens is 1. The number of carbonyl (C=O) groups is 1. The average molecular weight is 407 g/mol. The summed E-state index contributed by atoms with van der Waals surface area (Å²) in [7, 11) is 0. The van der Waals surface area contributed by atoms with Gasteiger partial charge in [-0.3, -0.25) is 9.78 Å². The van der Waals surface area contributed by atoms with E-state index in [1.165, 1.54) is 5.56 Å². The second kappa shape index (κ2) is 9.21. The molecule has 1 saturated heterocycles. The largest absolute Gasteiger partial charge is 0.368 e. The van der Waals surface area contributed by atoms with E-state index in [2.05, 4.69) is 17.1 Å². The Labute approximate surface area is 176 Å². The van der Waals surface area contributed by atoms with E-state index in [0.29, 0.717) is 31.1 Å². The smallest absolute Gasteiger partial charge is 0.223 e. The second-order valence-corrected chi connectivity index (χ2v) is 7.60. The van der Waals surface area contributed by atoms with Gasteiger partial charge in [0.15, 0.2) is 0 Å². The molecule has 0 radical (unpaired) electrons. The second-order valence-electron chi connectivity index (χ2n) is 7.17. The first-order valence-electron chi connectivity index (χ1n) is 9.84. The van der Waals surface area contributed by atoms with Crippen LogP contribution in [0.4, 0.5) is 0 Å². The number of amides is 1. The van der Waals surface area contributed by atoms with Crippen LogP contribution < -0.4 is 0 Å². The molecule has 0 spiro atoms. The molecule has 4 rings (SSSR count). The van der Waals surface area contributed by atoms with Crippen molar-refractivity contribution in [3.8, 4) is 11.1 Å². The molecule has 1 aromatic heterocycles. The van der Waals surface area contributed by atoms with Crippen molar-refractivity contribution in [1.82, 2.24) is 9.88 Å². The van der Waals surface area contributed by atoms with Gasteiger partial charge in [0, 0.05) is 29.7 Å². The number of hydrogen-bond acceptors (Lipinski definition) is 3. The maximum Gasteiger partial charge on any atom is 0.223 e. The fourth-order valence-corrected chi connectivity index (χ4v) is 3.73. The molecule has 1 atom stereocenters. The molecule has 0 bridgehead atoms. The lowest BCUT2D eigenvalue weighted by atomic mass is 10.1. The number of ether oxygens (including phenoxy) is 1. The highest BCUT2D eigenvalue weighted by molar-refractivity contribution is 6.30. The van der Waals surface area contributed by atoms with Gasteiger partial charge in [0.05, 0.1) is 18.8 Å². The van der Waals surface area contributed by atoms with Crippen molar-refractivity contribution in [1.29, 1.82) is 0 Å². The van der Waals surface area contributed by atoms with E-state index in [-0.39, 0.29) is 12.0 Å². The van der Waals surface area contributed by atoms with Crippen LogP contribution >= 0.6 is 11.6 Å². The number of hydrogen-bond donors (Lipinski definition) is 0. The van der Waals surface area contributed by atoms with Gasteiger partial charge in [-0.25, -0.2) is 0 Å². The summed E-state index contributed by atoms with van der Waals surface area (Å²) in [5.41, 5.74) is 4.06. The number of carbonyl (C=O) groups excluding carboxylic acids is 1. The highest BCUT2D eigenvalue weighted by Crippen LogP contribution is 2.26. The van der Waals surface area contributed by atoms with Gasteiger partial charge in [-0.15, -0.1) is 0 Å². The first kappa shape index (κ1) is 19.6. The van der Waals surface area contributed by atoms with E-state index in [1.54, 1.807) is 0 Å². The van der Waals surface area contributed by atoms with Crippen LogP contribution in [0, 0.1) is 0 Å². The maximum absolute atomic E-state index is 12.7. The van der Waals surface area contributed by atoms with E-state index in [9.17, 15) is 4.79 Å². The van der Waals surface area contributed by atoms with Crippen molar-refractivity contribution >= 4 is 17.5 Å². The third-order valence-electron chi connectivity index (χ3n) is 5.16. The molecule has 2 heterocycles. The van der Waals surface area contributed by atoms with Crippen LogP contribution in [0.25, 0.3) is 11.1 Å². The van der Waals surface area contributed by atoms with Crippen molar-refractivity contribution in [2.45, 2.75) is 18.9 Å². The Bertz CT molecular complexity index is 960. The molecule has 2 aromatic carbocycles. The fourth-order valence-electron chi connectivity index (χ4n) is 3.54. The van der Waals surface area contributed by atoms with Crippen molar-refractivity contribution in [2.75, 3.05) is 19.7 Å². The predicted octanol–water partition coefficient (Wildman–Crippen LogP) is 4.93. The van der Waals surface area contributed by atoms with Crippen LogP contribution in [0.15, 0.2) is 72.9 Å². The normalized spacial score (nSPS) is 16.6. The molecule has 29 heavy (non-hydrogen) atoms. The minimum atomic E-state index is -0.196. The predicted molar refractivity (Wildman–Crippen MR) is 115 cm³/mol. The summed E-state index contributed by atoms with van der Waals surface area (Å²) in [4.78, 5) is 19.1. The lowest BCUT2D eigenvalue weighted by Crippen LogP contribution is -2.42. The van der Waals surface area contributed by atoms with E-state index in [4.69, 9.17) is 16.3 Å². The quantitative estimate of drug-likeness (QED) is 0.603. The Morgan fingerprint density at radius 3 is 2.69 bits per heavy atom. The third-order valence-corrected chi connectivity index (χ3v) is 5.40. The molecule has 5 heteroatoms. The number of aryl methyl sites for hydroxylation is 1. The molecule has 1 aliphatic heterocycles. The van der Waals surface area contributed by atoms with Gasteiger partial charge >= 0.3 is 0 Å². The first-order chi connectivity index (χ1) is 14.2. The van der Waals surface area contributed by atoms with Crippen molar-refractivity contribution in [3.63, 3.8) is 0 Å². The van der Waals surface area contributed by atoms with Gasteiger partial charge in [0.1, 0.15) is 6.10 Å². The van der Waals surface area contributed by atoms with E-state index in [1.807, 2.05) is 65.7 Å². The molecular weight excluding hydrogens is 384 g/mol. The molecule has 0 aliphatic carbocycles. The Morgan fingerprint density at radius 2 is 1.93 bits per heavy atom. The highest BCUT2D eigenvalue weighted by Gasteiger charge is 2.26. The van der Waals surface area contributed by atoms with Crippen LogP contribution in [0.2, 0.25) is 5.02 Å². The van der Waals surface area contributed by atoms with Crippen molar-refractivity contribution in [2.24, 2.45) is 0 Å². The summed E-state index contributed by atoms with van der Waals surface area (Å²) in [6, 6.07) is 21.8. The Morgan fingerprint density at radius 1 is 1.07 bits per heavy atom. The maximum atomic E-state index is 12.7. The zero-order valence-electron chi connectivity index (χ0n) is 16.1. The Balaban J connectivity index is 1.38. The summed E-state index contributed by atoms with van der Waals surface area (Å²) in [5.74, 6) is 0.165. The molecule has 0 N–H and O–H groups in total. The lowest BCUT2D eigenvalue weighted by Gasteiger charge is -2.32. The molecular formula is C24H23ClN2O2. The minimum Gasteiger partial charge on any atom is -0.368 e. The number of nitrogens with zero attached hydrogens (tertiary/aromatic N) is 2. The van der Waals surface area contributed by atoms with Crippen molar-refractivity contribution < 1.29 is 9.53 Å². The Kier molecular flexibility index (Phi) is 6.23. The summed E-state index contributed by atoms with van der Waals surface area (Å²) < 4.78 is 5.89. The summed E-state index contributed by atoms with van der Waals surface area (Å²) in [5, 5.41) is 0.701. The molecule has 4 nitrogen and oxygen atoms in total. The van der Waals surface area contributed by atoms with Gasteiger partial charge in [0.2, 0.25) is 5.91 Å². The van der Waals surface area contributed by atoms with Crippen molar-refractivity contribution in [3.05, 3.63) is 89.2 Å². The van der Waals surface area contributed by atoms with Crippen LogP contribution in [-0.2, 0) is 16.0 Å². The van der Waals surface area contributed by atoms with Crippen LogP contribution in [0.1, 0.15) is 23.8 Å². The first-order valence-corrected chi connectivity index (χ1v) is 10.2. The van der Waals surface area contributed by atoms with E-state index < -0.39 is 0 Å².